The Morgan fingerprint density at radius 3 is 2.75 bits per heavy atom. The fourth-order valence-electron chi connectivity index (χ4n) is 3.09. The van der Waals surface area contributed by atoms with Gasteiger partial charge in [-0.2, -0.15) is 0 Å². The van der Waals surface area contributed by atoms with Gasteiger partial charge in [-0.3, -0.25) is 0 Å². The number of hydrogen-bond donors (Lipinski definition) is 1. The van der Waals surface area contributed by atoms with E-state index in [1.807, 2.05) is 12.1 Å². The molecule has 0 atom stereocenters. The number of carbonyl (C=O) groups excluding carboxylic acids is 1. The molecule has 2 N–H and O–H groups in total. The number of hydrogen-bond acceptors (Lipinski definition) is 4. The second kappa shape index (κ2) is 6.75. The van der Waals surface area contributed by atoms with Crippen LogP contribution < -0.4 is 5.73 Å². The van der Waals surface area contributed by atoms with E-state index in [4.69, 9.17) is 10.5 Å². The molecule has 0 spiro atoms. The predicted molar refractivity (Wildman–Crippen MR) is 80.5 cm³/mol. The molecule has 110 valence electrons. The van der Waals surface area contributed by atoms with Crippen LogP contribution >= 0.6 is 0 Å². The standard InChI is InChI=1S/C16H24N2O2/c1-18(10-12-6-3-4-7-12)11-13-8-5-9-14(17)15(13)16(19)20-2/h5,8-9,12H,3-4,6-7,10-11,17H2,1-2H3. The Kier molecular flexibility index (Phi) is 5.01. The highest BCUT2D eigenvalue weighted by Crippen LogP contribution is 2.26. The summed E-state index contributed by atoms with van der Waals surface area (Å²) < 4.78 is 4.84. The molecule has 0 saturated heterocycles. The number of nitrogens with two attached hydrogens (primary N) is 1. The molecule has 1 aromatic carbocycles. The number of ether oxygens (including phenoxy) is 1. The smallest absolute Gasteiger partial charge is 0.340 e. The third-order valence-electron chi connectivity index (χ3n) is 4.06. The number of esters is 1. The molecular formula is C16H24N2O2. The third-order valence-corrected chi connectivity index (χ3v) is 4.06. The van der Waals surface area contributed by atoms with Crippen LogP contribution in [0.15, 0.2) is 18.2 Å². The number of carbonyl (C=O) groups is 1. The van der Waals surface area contributed by atoms with Crippen molar-refractivity contribution in [2.24, 2.45) is 5.92 Å². The van der Waals surface area contributed by atoms with Crippen molar-refractivity contribution in [3.05, 3.63) is 29.3 Å². The lowest BCUT2D eigenvalue weighted by Gasteiger charge is -2.22. The van der Waals surface area contributed by atoms with Gasteiger partial charge in [-0.15, -0.1) is 0 Å². The Hall–Kier alpha value is -1.55. The molecule has 0 heterocycles. The Morgan fingerprint density at radius 2 is 2.10 bits per heavy atom. The summed E-state index contributed by atoms with van der Waals surface area (Å²) in [7, 11) is 3.49. The number of benzene rings is 1. The maximum atomic E-state index is 11.9. The number of rotatable bonds is 5. The number of nitrogens with zero attached hydrogens (tertiary/aromatic N) is 1. The minimum absolute atomic E-state index is 0.354. The van der Waals surface area contributed by atoms with Crippen molar-refractivity contribution in [2.75, 3.05) is 26.4 Å². The molecule has 20 heavy (non-hydrogen) atoms. The molecule has 2 rings (SSSR count). The van der Waals surface area contributed by atoms with Crippen LogP contribution in [0.5, 0.6) is 0 Å². The van der Waals surface area contributed by atoms with E-state index < -0.39 is 0 Å². The van der Waals surface area contributed by atoms with Crippen molar-refractivity contribution < 1.29 is 9.53 Å². The summed E-state index contributed by atoms with van der Waals surface area (Å²) in [4.78, 5) is 14.1. The van der Waals surface area contributed by atoms with Crippen LogP contribution in [0.25, 0.3) is 0 Å². The lowest BCUT2D eigenvalue weighted by molar-refractivity contribution is 0.0599. The fraction of sp³-hybridized carbons (Fsp3) is 0.562. The quantitative estimate of drug-likeness (QED) is 0.663. The van der Waals surface area contributed by atoms with Crippen LogP contribution in [0.4, 0.5) is 5.69 Å². The van der Waals surface area contributed by atoms with E-state index in [-0.39, 0.29) is 5.97 Å². The van der Waals surface area contributed by atoms with Gasteiger partial charge in [0.2, 0.25) is 0 Å². The minimum atomic E-state index is -0.354. The first kappa shape index (κ1) is 14.9. The van der Waals surface area contributed by atoms with E-state index in [9.17, 15) is 4.79 Å². The highest BCUT2D eigenvalue weighted by molar-refractivity contribution is 5.96. The Bertz CT molecular complexity index is 468. The van der Waals surface area contributed by atoms with Crippen LogP contribution in [0.2, 0.25) is 0 Å². The number of methoxy groups -OCH3 is 1. The van der Waals surface area contributed by atoms with Gasteiger partial charge < -0.3 is 15.4 Å². The molecule has 0 unspecified atom stereocenters. The normalized spacial score (nSPS) is 15.8. The first-order valence-electron chi connectivity index (χ1n) is 7.26. The molecular weight excluding hydrogens is 252 g/mol. The van der Waals surface area contributed by atoms with Crippen LogP contribution in [0.3, 0.4) is 0 Å². The van der Waals surface area contributed by atoms with Crippen molar-refractivity contribution in [3.8, 4) is 0 Å². The summed E-state index contributed by atoms with van der Waals surface area (Å²) in [5.41, 5.74) is 7.86. The Morgan fingerprint density at radius 1 is 1.40 bits per heavy atom. The van der Waals surface area contributed by atoms with E-state index in [0.717, 1.165) is 24.6 Å². The van der Waals surface area contributed by atoms with E-state index >= 15 is 0 Å². The van der Waals surface area contributed by atoms with Gasteiger partial charge in [-0.1, -0.05) is 25.0 Å². The summed E-state index contributed by atoms with van der Waals surface area (Å²) in [5, 5.41) is 0. The van der Waals surface area contributed by atoms with E-state index in [1.165, 1.54) is 32.8 Å². The molecule has 1 aromatic rings. The Labute approximate surface area is 120 Å². The molecule has 0 amide bonds. The lowest BCUT2D eigenvalue weighted by atomic mass is 10.0. The molecule has 1 aliphatic rings. The maximum absolute atomic E-state index is 11.9. The second-order valence-corrected chi connectivity index (χ2v) is 5.72. The van der Waals surface area contributed by atoms with Gasteiger partial charge >= 0.3 is 5.97 Å². The zero-order valence-corrected chi connectivity index (χ0v) is 12.4. The van der Waals surface area contributed by atoms with Gasteiger partial charge in [-0.25, -0.2) is 4.79 Å². The monoisotopic (exact) mass is 276 g/mol. The minimum Gasteiger partial charge on any atom is -0.465 e. The second-order valence-electron chi connectivity index (χ2n) is 5.72. The lowest BCUT2D eigenvalue weighted by Crippen LogP contribution is -2.25. The SMILES string of the molecule is COC(=O)c1c(N)cccc1CN(C)CC1CCCC1. The maximum Gasteiger partial charge on any atom is 0.340 e. The molecule has 1 aliphatic carbocycles. The molecule has 0 radical (unpaired) electrons. The summed E-state index contributed by atoms with van der Waals surface area (Å²) in [6.45, 7) is 1.81. The van der Waals surface area contributed by atoms with Gasteiger partial charge in [0, 0.05) is 18.8 Å². The zero-order chi connectivity index (χ0) is 14.5. The summed E-state index contributed by atoms with van der Waals surface area (Å²) in [6, 6.07) is 5.58. The van der Waals surface area contributed by atoms with Crippen molar-refractivity contribution in [1.82, 2.24) is 4.90 Å². The zero-order valence-electron chi connectivity index (χ0n) is 12.4. The van der Waals surface area contributed by atoms with Gasteiger partial charge in [0.15, 0.2) is 0 Å². The molecule has 0 aliphatic heterocycles. The summed E-state index contributed by atoms with van der Waals surface area (Å²) >= 11 is 0. The summed E-state index contributed by atoms with van der Waals surface area (Å²) in [5.74, 6) is 0.440. The van der Waals surface area contributed by atoms with Crippen LogP contribution in [-0.2, 0) is 11.3 Å². The van der Waals surface area contributed by atoms with Gasteiger partial charge in [0.25, 0.3) is 0 Å². The van der Waals surface area contributed by atoms with E-state index in [0.29, 0.717) is 11.3 Å². The predicted octanol–water partition coefficient (Wildman–Crippen LogP) is 2.68. The molecule has 0 aromatic heterocycles. The molecule has 0 bridgehead atoms. The first-order chi connectivity index (χ1) is 9.61. The topological polar surface area (TPSA) is 55.6 Å². The highest BCUT2D eigenvalue weighted by Gasteiger charge is 2.19. The fourth-order valence-corrected chi connectivity index (χ4v) is 3.09. The average Bonchev–Trinajstić information content (AvgIpc) is 2.91. The van der Waals surface area contributed by atoms with Crippen molar-refractivity contribution in [3.63, 3.8) is 0 Å². The van der Waals surface area contributed by atoms with Crippen LogP contribution in [0.1, 0.15) is 41.6 Å². The highest BCUT2D eigenvalue weighted by atomic mass is 16.5. The van der Waals surface area contributed by atoms with E-state index in [2.05, 4.69) is 11.9 Å². The van der Waals surface area contributed by atoms with Gasteiger partial charge in [0.1, 0.15) is 0 Å². The van der Waals surface area contributed by atoms with E-state index in [1.54, 1.807) is 6.07 Å². The van der Waals surface area contributed by atoms with Gasteiger partial charge in [0.05, 0.1) is 12.7 Å². The van der Waals surface area contributed by atoms with Crippen molar-refractivity contribution in [1.29, 1.82) is 0 Å². The molecule has 1 fully saturated rings. The third kappa shape index (κ3) is 3.51. The molecule has 4 nitrogen and oxygen atoms in total. The van der Waals surface area contributed by atoms with Crippen LogP contribution in [0, 0.1) is 5.92 Å². The molecule has 1 saturated carbocycles. The molecule has 4 heteroatoms. The van der Waals surface area contributed by atoms with Crippen LogP contribution in [-0.4, -0.2) is 31.6 Å². The van der Waals surface area contributed by atoms with Gasteiger partial charge in [-0.05, 0) is 37.4 Å². The van der Waals surface area contributed by atoms with Crippen molar-refractivity contribution >= 4 is 11.7 Å². The first-order valence-corrected chi connectivity index (χ1v) is 7.26. The number of anilines is 1. The largest absolute Gasteiger partial charge is 0.465 e. The summed E-state index contributed by atoms with van der Waals surface area (Å²) in [6.07, 6.45) is 5.35. The average molecular weight is 276 g/mol. The van der Waals surface area contributed by atoms with Crippen molar-refractivity contribution in [2.45, 2.75) is 32.2 Å². The number of nitrogen functional groups attached to an aromatic ring is 1. The Balaban J connectivity index is 2.07.